The number of halogens is 5. The summed E-state index contributed by atoms with van der Waals surface area (Å²) in [6.07, 6.45) is -3.05. The second kappa shape index (κ2) is 9.54. The first-order valence-corrected chi connectivity index (χ1v) is 12.8. The largest absolute Gasteiger partial charge is 0.435 e. The van der Waals surface area contributed by atoms with Crippen molar-refractivity contribution < 1.29 is 45.0 Å². The summed E-state index contributed by atoms with van der Waals surface area (Å²) in [5, 5.41) is 18.8. The molecule has 1 aromatic carbocycles. The molecule has 1 saturated carbocycles. The first kappa shape index (κ1) is 27.3. The number of ether oxygens (including phenoxy) is 1. The number of aliphatic hydroxyl groups is 1. The summed E-state index contributed by atoms with van der Waals surface area (Å²) in [6, 6.07) is 5.59. The van der Waals surface area contributed by atoms with Crippen LogP contribution in [0.15, 0.2) is 35.2 Å². The van der Waals surface area contributed by atoms with Crippen molar-refractivity contribution in [3.63, 3.8) is 0 Å². The molecule has 2 aromatic heterocycles. The fraction of sp³-hybridized carbons (Fsp3) is 0.304. The molecule has 9 nitrogen and oxygen atoms in total. The summed E-state index contributed by atoms with van der Waals surface area (Å²) in [4.78, 5) is 16.4. The molecule has 1 fully saturated rings. The van der Waals surface area contributed by atoms with Crippen molar-refractivity contribution in [2.45, 2.75) is 42.9 Å². The number of rotatable bonds is 6. The number of nitrogens with zero attached hydrogens (tertiary/aromatic N) is 3. The van der Waals surface area contributed by atoms with E-state index in [4.69, 9.17) is 4.74 Å². The molecule has 0 spiro atoms. The zero-order valence-corrected chi connectivity index (χ0v) is 20.5. The van der Waals surface area contributed by atoms with E-state index in [1.54, 1.807) is 0 Å². The van der Waals surface area contributed by atoms with Crippen molar-refractivity contribution in [1.82, 2.24) is 15.2 Å². The molecule has 38 heavy (non-hydrogen) atoms. The van der Waals surface area contributed by atoms with Crippen molar-refractivity contribution in [2.24, 2.45) is 0 Å². The first-order chi connectivity index (χ1) is 17.6. The van der Waals surface area contributed by atoms with Gasteiger partial charge in [0.2, 0.25) is 5.75 Å². The van der Waals surface area contributed by atoms with Crippen molar-refractivity contribution in [3.8, 4) is 11.6 Å². The smallest absolute Gasteiger partial charge is 0.429 e. The number of sulfone groups is 1. The van der Waals surface area contributed by atoms with E-state index in [9.17, 15) is 40.3 Å². The molecule has 0 saturated heterocycles. The summed E-state index contributed by atoms with van der Waals surface area (Å²) in [6.45, 7) is 0.881. The van der Waals surface area contributed by atoms with Crippen LogP contribution in [0, 0.1) is 18.7 Å². The van der Waals surface area contributed by atoms with E-state index in [0.717, 1.165) is 25.3 Å². The van der Waals surface area contributed by atoms with E-state index in [0.29, 0.717) is 6.42 Å². The molecule has 202 valence electrons. The van der Waals surface area contributed by atoms with Gasteiger partial charge in [0.05, 0.1) is 10.6 Å². The van der Waals surface area contributed by atoms with Gasteiger partial charge < -0.3 is 15.2 Å². The van der Waals surface area contributed by atoms with E-state index in [2.05, 4.69) is 20.5 Å². The average Bonchev–Trinajstić information content (AvgIpc) is 2.78. The molecule has 2 heterocycles. The van der Waals surface area contributed by atoms with Gasteiger partial charge in [0.1, 0.15) is 11.2 Å². The van der Waals surface area contributed by atoms with Crippen LogP contribution in [0.4, 0.5) is 27.6 Å². The number of carbonyl (C=O) groups excluding carboxylic acids is 1. The summed E-state index contributed by atoms with van der Waals surface area (Å²) >= 11 is 0. The Morgan fingerprint density at radius 2 is 1.84 bits per heavy atom. The standard InChI is InChI=1S/C23H19F5N4O5S/c1-11-16(20(33)29-12-5-3-6-13(9-12)38(2,35)36)21(32-31-18(11)23(26,27)28)37-17-14(24)10-15(30-19(17)25)22(34)7-4-8-22/h3,5-6,9-10,34H,4,7-8H2,1-2H3,(H,29,33). The topological polar surface area (TPSA) is 131 Å². The molecule has 1 aliphatic rings. The second-order valence-electron chi connectivity index (χ2n) is 8.70. The Bertz CT molecular complexity index is 1520. The number of benzene rings is 1. The Kier molecular flexibility index (Phi) is 6.86. The highest BCUT2D eigenvalue weighted by Crippen LogP contribution is 2.42. The molecular formula is C23H19F5N4O5S. The second-order valence-corrected chi connectivity index (χ2v) is 10.7. The van der Waals surface area contributed by atoms with E-state index in [1.165, 1.54) is 18.2 Å². The molecule has 3 aromatic rings. The quantitative estimate of drug-likeness (QED) is 0.338. The first-order valence-electron chi connectivity index (χ1n) is 10.9. The van der Waals surface area contributed by atoms with Crippen LogP contribution in [0.1, 0.15) is 46.6 Å². The Morgan fingerprint density at radius 3 is 2.39 bits per heavy atom. The van der Waals surface area contributed by atoms with Gasteiger partial charge in [0.15, 0.2) is 21.3 Å². The van der Waals surface area contributed by atoms with E-state index in [-0.39, 0.29) is 29.1 Å². The molecular weight excluding hydrogens is 539 g/mol. The van der Waals surface area contributed by atoms with Gasteiger partial charge in [0.25, 0.3) is 17.7 Å². The van der Waals surface area contributed by atoms with E-state index < -0.39 is 67.7 Å². The molecule has 1 aliphatic carbocycles. The fourth-order valence-electron chi connectivity index (χ4n) is 3.77. The van der Waals surface area contributed by atoms with E-state index >= 15 is 0 Å². The molecule has 0 radical (unpaired) electrons. The number of nitrogens with one attached hydrogen (secondary N) is 1. The summed E-state index contributed by atoms with van der Waals surface area (Å²) < 4.78 is 98.7. The van der Waals surface area contributed by atoms with Crippen LogP contribution in [0.5, 0.6) is 11.6 Å². The zero-order chi connectivity index (χ0) is 28.0. The highest BCUT2D eigenvalue weighted by molar-refractivity contribution is 7.90. The number of aromatic nitrogens is 3. The maximum Gasteiger partial charge on any atom is 0.435 e. The van der Waals surface area contributed by atoms with Crippen molar-refractivity contribution in [3.05, 3.63) is 64.6 Å². The number of hydrogen-bond donors (Lipinski definition) is 2. The molecule has 0 atom stereocenters. The van der Waals surface area contributed by atoms with Gasteiger partial charge in [-0.25, -0.2) is 17.8 Å². The van der Waals surface area contributed by atoms with Crippen LogP contribution >= 0.6 is 0 Å². The van der Waals surface area contributed by atoms with Crippen LogP contribution in [-0.4, -0.2) is 40.9 Å². The van der Waals surface area contributed by atoms with Crippen LogP contribution in [-0.2, 0) is 21.6 Å². The van der Waals surface area contributed by atoms with Gasteiger partial charge in [-0.15, -0.1) is 10.2 Å². The third-order valence-electron chi connectivity index (χ3n) is 5.94. The number of carbonyl (C=O) groups is 1. The van der Waals surface area contributed by atoms with Gasteiger partial charge in [-0.2, -0.15) is 17.6 Å². The molecule has 0 unspecified atom stereocenters. The lowest BCUT2D eigenvalue weighted by molar-refractivity contribution is -0.142. The molecule has 0 aliphatic heterocycles. The Hall–Kier alpha value is -3.72. The Balaban J connectivity index is 1.76. The minimum absolute atomic E-state index is 0.106. The van der Waals surface area contributed by atoms with Crippen LogP contribution in [0.3, 0.4) is 0 Å². The van der Waals surface area contributed by atoms with E-state index in [1.807, 2.05) is 0 Å². The minimum Gasteiger partial charge on any atom is -0.429 e. The maximum atomic E-state index is 14.8. The summed E-state index contributed by atoms with van der Waals surface area (Å²) in [7, 11) is -3.69. The lowest BCUT2D eigenvalue weighted by Crippen LogP contribution is -2.35. The highest BCUT2D eigenvalue weighted by atomic mass is 32.2. The predicted octanol–water partition coefficient (Wildman–Crippen LogP) is 4.30. The van der Waals surface area contributed by atoms with Gasteiger partial charge >= 0.3 is 6.18 Å². The van der Waals surface area contributed by atoms with Gasteiger partial charge in [-0.3, -0.25) is 4.79 Å². The Labute approximate surface area is 212 Å². The fourth-order valence-corrected chi connectivity index (χ4v) is 4.44. The van der Waals surface area contributed by atoms with Crippen molar-refractivity contribution in [1.29, 1.82) is 0 Å². The Morgan fingerprint density at radius 1 is 1.16 bits per heavy atom. The predicted molar refractivity (Wildman–Crippen MR) is 121 cm³/mol. The van der Waals surface area contributed by atoms with Crippen molar-refractivity contribution >= 4 is 21.4 Å². The lowest BCUT2D eigenvalue weighted by Gasteiger charge is -2.35. The molecule has 1 amide bonds. The molecule has 4 rings (SSSR count). The van der Waals surface area contributed by atoms with Crippen molar-refractivity contribution in [2.75, 3.05) is 11.6 Å². The third-order valence-corrected chi connectivity index (χ3v) is 7.05. The number of hydrogen-bond acceptors (Lipinski definition) is 8. The van der Waals surface area contributed by atoms with Crippen LogP contribution in [0.2, 0.25) is 0 Å². The minimum atomic E-state index is -5.04. The molecule has 0 bridgehead atoms. The van der Waals surface area contributed by atoms with Crippen LogP contribution in [0.25, 0.3) is 0 Å². The maximum absolute atomic E-state index is 14.8. The normalized spacial score (nSPS) is 15.1. The zero-order valence-electron chi connectivity index (χ0n) is 19.7. The van der Waals surface area contributed by atoms with Crippen LogP contribution < -0.4 is 10.1 Å². The lowest BCUT2D eigenvalue weighted by atomic mass is 9.77. The monoisotopic (exact) mass is 558 g/mol. The summed E-state index contributed by atoms with van der Waals surface area (Å²) in [5.74, 6) is -6.29. The number of alkyl halides is 3. The highest BCUT2D eigenvalue weighted by Gasteiger charge is 2.40. The molecule has 15 heteroatoms. The van der Waals surface area contributed by atoms with Gasteiger partial charge in [-0.05, 0) is 49.9 Å². The number of anilines is 1. The third kappa shape index (κ3) is 5.29. The number of amides is 1. The number of pyridine rings is 1. The van der Waals surface area contributed by atoms with Gasteiger partial charge in [-0.1, -0.05) is 6.07 Å². The average molecular weight is 558 g/mol. The molecule has 2 N–H and O–H groups in total. The SMILES string of the molecule is Cc1c(C(F)(F)F)nnc(Oc2c(F)cc(C3(O)CCC3)nc2F)c1C(=O)Nc1cccc(S(C)(=O)=O)c1. The van der Waals surface area contributed by atoms with Gasteiger partial charge in [0, 0.05) is 18.0 Å². The summed E-state index contributed by atoms with van der Waals surface area (Å²) in [5.41, 5.74) is -5.10.